The van der Waals surface area contributed by atoms with E-state index in [4.69, 9.17) is 4.74 Å². The summed E-state index contributed by atoms with van der Waals surface area (Å²) in [7, 11) is 2.14. The predicted octanol–water partition coefficient (Wildman–Crippen LogP) is 1.75. The first kappa shape index (κ1) is 10.9. The Morgan fingerprint density at radius 3 is 2.18 bits per heavy atom. The first-order valence-corrected chi connectivity index (χ1v) is 4.53. The molecule has 1 heterocycles. The normalized spacial score (nSPS) is 32.5. The van der Waals surface area contributed by atoms with Gasteiger partial charge >= 0.3 is 0 Å². The molecule has 0 amide bonds. The average molecular weight is 159 g/mol. The van der Waals surface area contributed by atoms with Crippen LogP contribution >= 0.6 is 0 Å². The average Bonchev–Trinajstić information content (AvgIpc) is 2.04. The second kappa shape index (κ2) is 5.56. The predicted molar refractivity (Wildman–Crippen MR) is 48.9 cm³/mol. The van der Waals surface area contributed by atoms with Crippen LogP contribution < -0.4 is 0 Å². The van der Waals surface area contributed by atoms with E-state index in [0.29, 0.717) is 12.1 Å². The topological polar surface area (TPSA) is 12.5 Å². The summed E-state index contributed by atoms with van der Waals surface area (Å²) in [5.41, 5.74) is 0. The fourth-order valence-corrected chi connectivity index (χ4v) is 1.08. The molecule has 0 aliphatic carbocycles. The molecule has 11 heavy (non-hydrogen) atoms. The van der Waals surface area contributed by atoms with E-state index in [1.807, 2.05) is 13.8 Å². The highest BCUT2D eigenvalue weighted by molar-refractivity contribution is 4.73. The number of morpholine rings is 1. The molecule has 1 aliphatic heterocycles. The van der Waals surface area contributed by atoms with Crippen molar-refractivity contribution < 1.29 is 4.74 Å². The van der Waals surface area contributed by atoms with Crippen molar-refractivity contribution in [3.63, 3.8) is 0 Å². The molecule has 0 saturated carbocycles. The van der Waals surface area contributed by atoms with Crippen LogP contribution in [0.1, 0.15) is 27.7 Å². The lowest BCUT2D eigenvalue weighted by Crippen LogP contribution is -2.45. The van der Waals surface area contributed by atoms with Crippen LogP contribution in [0.5, 0.6) is 0 Å². The third kappa shape index (κ3) is 3.21. The summed E-state index contributed by atoms with van der Waals surface area (Å²) in [5.74, 6) is 0. The van der Waals surface area contributed by atoms with Crippen molar-refractivity contribution in [3.05, 3.63) is 0 Å². The highest BCUT2D eigenvalue weighted by Crippen LogP contribution is 2.09. The van der Waals surface area contributed by atoms with E-state index >= 15 is 0 Å². The Morgan fingerprint density at radius 1 is 1.27 bits per heavy atom. The highest BCUT2D eigenvalue weighted by Gasteiger charge is 2.21. The second-order valence-electron chi connectivity index (χ2n) is 2.80. The minimum absolute atomic E-state index is 0.406. The maximum atomic E-state index is 5.42. The molecule has 0 spiro atoms. The largest absolute Gasteiger partial charge is 0.376 e. The second-order valence-corrected chi connectivity index (χ2v) is 2.80. The molecule has 0 radical (unpaired) electrons. The molecule has 0 aromatic carbocycles. The van der Waals surface area contributed by atoms with Crippen LogP contribution in [0.4, 0.5) is 0 Å². The molecular weight excluding hydrogens is 138 g/mol. The minimum Gasteiger partial charge on any atom is -0.376 e. The molecule has 1 rings (SSSR count). The Hall–Kier alpha value is -0.0800. The zero-order chi connectivity index (χ0) is 8.85. The van der Waals surface area contributed by atoms with E-state index < -0.39 is 0 Å². The number of hydrogen-bond donors (Lipinski definition) is 0. The Balaban J connectivity index is 0.000000461. The van der Waals surface area contributed by atoms with E-state index in [0.717, 1.165) is 13.2 Å². The molecule has 0 bridgehead atoms. The molecule has 0 N–H and O–H groups in total. The zero-order valence-electron chi connectivity index (χ0n) is 8.42. The molecule has 1 saturated heterocycles. The fraction of sp³-hybridized carbons (Fsp3) is 1.00. The molecule has 0 aromatic rings. The fourth-order valence-electron chi connectivity index (χ4n) is 1.08. The van der Waals surface area contributed by atoms with Crippen molar-refractivity contribution in [3.8, 4) is 0 Å². The Morgan fingerprint density at radius 2 is 1.82 bits per heavy atom. The minimum atomic E-state index is 0.406. The first-order chi connectivity index (χ1) is 5.22. The Labute approximate surface area is 70.5 Å². The van der Waals surface area contributed by atoms with Gasteiger partial charge < -0.3 is 4.74 Å². The van der Waals surface area contributed by atoms with Crippen molar-refractivity contribution in [1.82, 2.24) is 4.90 Å². The number of likely N-dealkylation sites (N-methyl/N-ethyl adjacent to an activating group) is 1. The lowest BCUT2D eigenvalue weighted by molar-refractivity contribution is -0.0448. The third-order valence-electron chi connectivity index (χ3n) is 2.20. The highest BCUT2D eigenvalue weighted by atomic mass is 16.5. The summed E-state index contributed by atoms with van der Waals surface area (Å²) in [4.78, 5) is 2.33. The smallest absolute Gasteiger partial charge is 0.0699 e. The van der Waals surface area contributed by atoms with E-state index in [1.165, 1.54) is 0 Å². The summed E-state index contributed by atoms with van der Waals surface area (Å²) in [6, 6.07) is 0.582. The van der Waals surface area contributed by atoms with Crippen LogP contribution in [0.3, 0.4) is 0 Å². The number of rotatable bonds is 0. The van der Waals surface area contributed by atoms with Crippen LogP contribution in [0.25, 0.3) is 0 Å². The Kier molecular flexibility index (Phi) is 5.51. The van der Waals surface area contributed by atoms with Crippen molar-refractivity contribution >= 4 is 0 Å². The van der Waals surface area contributed by atoms with Gasteiger partial charge in [0.1, 0.15) is 0 Å². The van der Waals surface area contributed by atoms with Gasteiger partial charge in [0.05, 0.1) is 12.7 Å². The zero-order valence-corrected chi connectivity index (χ0v) is 8.42. The molecule has 1 fully saturated rings. The summed E-state index contributed by atoms with van der Waals surface area (Å²) >= 11 is 0. The number of hydrogen-bond acceptors (Lipinski definition) is 2. The van der Waals surface area contributed by atoms with Gasteiger partial charge in [-0.3, -0.25) is 4.90 Å². The van der Waals surface area contributed by atoms with Crippen LogP contribution in [-0.2, 0) is 4.74 Å². The molecule has 68 valence electrons. The quantitative estimate of drug-likeness (QED) is 0.534. The SMILES string of the molecule is CC.CC1[C@@H](C)OCCN1C. The standard InChI is InChI=1S/C7H15NO.C2H6/c1-6-7(2)9-5-4-8(6)3;1-2/h6-7H,4-5H2,1-3H3;1-2H3/t6?,7-;/m1./s1. The van der Waals surface area contributed by atoms with E-state index in [1.54, 1.807) is 0 Å². The van der Waals surface area contributed by atoms with Gasteiger partial charge in [0.25, 0.3) is 0 Å². The summed E-state index contributed by atoms with van der Waals surface area (Å²) in [6.07, 6.45) is 0.406. The van der Waals surface area contributed by atoms with Crippen molar-refractivity contribution in [2.24, 2.45) is 0 Å². The van der Waals surface area contributed by atoms with Crippen molar-refractivity contribution in [1.29, 1.82) is 0 Å². The molecule has 1 unspecified atom stereocenters. The Bertz CT molecular complexity index is 85.6. The molecule has 0 aromatic heterocycles. The monoisotopic (exact) mass is 159 g/mol. The maximum absolute atomic E-state index is 5.42. The third-order valence-corrected chi connectivity index (χ3v) is 2.20. The molecule has 2 atom stereocenters. The summed E-state index contributed by atoms with van der Waals surface area (Å²) < 4.78 is 5.42. The number of ether oxygens (including phenoxy) is 1. The number of nitrogens with zero attached hydrogens (tertiary/aromatic N) is 1. The van der Waals surface area contributed by atoms with Gasteiger partial charge in [-0.25, -0.2) is 0 Å². The summed E-state index contributed by atoms with van der Waals surface area (Å²) in [6.45, 7) is 10.3. The summed E-state index contributed by atoms with van der Waals surface area (Å²) in [5, 5.41) is 0. The lowest BCUT2D eigenvalue weighted by Gasteiger charge is -2.34. The molecule has 2 heteroatoms. The van der Waals surface area contributed by atoms with Gasteiger partial charge in [-0.2, -0.15) is 0 Å². The maximum Gasteiger partial charge on any atom is 0.0699 e. The van der Waals surface area contributed by atoms with E-state index in [2.05, 4.69) is 25.8 Å². The van der Waals surface area contributed by atoms with Gasteiger partial charge in [-0.05, 0) is 20.9 Å². The van der Waals surface area contributed by atoms with Gasteiger partial charge in [0.15, 0.2) is 0 Å². The van der Waals surface area contributed by atoms with Crippen LogP contribution in [0, 0.1) is 0 Å². The molecule has 2 nitrogen and oxygen atoms in total. The van der Waals surface area contributed by atoms with Crippen molar-refractivity contribution in [2.45, 2.75) is 39.8 Å². The van der Waals surface area contributed by atoms with Gasteiger partial charge in [-0.15, -0.1) is 0 Å². The van der Waals surface area contributed by atoms with Crippen LogP contribution in [0.15, 0.2) is 0 Å². The molecule has 1 aliphatic rings. The van der Waals surface area contributed by atoms with Crippen molar-refractivity contribution in [2.75, 3.05) is 20.2 Å². The molecular formula is C9H21NO. The van der Waals surface area contributed by atoms with E-state index in [-0.39, 0.29) is 0 Å². The van der Waals surface area contributed by atoms with Crippen LogP contribution in [-0.4, -0.2) is 37.2 Å². The first-order valence-electron chi connectivity index (χ1n) is 4.53. The lowest BCUT2D eigenvalue weighted by atomic mass is 10.1. The van der Waals surface area contributed by atoms with E-state index in [9.17, 15) is 0 Å². The van der Waals surface area contributed by atoms with Gasteiger partial charge in [0.2, 0.25) is 0 Å². The van der Waals surface area contributed by atoms with Crippen LogP contribution in [0.2, 0.25) is 0 Å². The van der Waals surface area contributed by atoms with Gasteiger partial charge in [-0.1, -0.05) is 13.8 Å². The van der Waals surface area contributed by atoms with Gasteiger partial charge in [0, 0.05) is 12.6 Å².